The van der Waals surface area contributed by atoms with Crippen LogP contribution in [0.3, 0.4) is 0 Å². The van der Waals surface area contributed by atoms with Gasteiger partial charge in [0.2, 0.25) is 0 Å². The number of Topliss-reactive ketones (excluding diaryl/α,β-unsaturated/α-hetero) is 1. The molecule has 102 valence electrons. The monoisotopic (exact) mass is 271 g/mol. The van der Waals surface area contributed by atoms with Crippen molar-refractivity contribution in [3.63, 3.8) is 0 Å². The molecule has 0 fully saturated rings. The highest BCUT2D eigenvalue weighted by atomic mass is 16.4. The van der Waals surface area contributed by atoms with E-state index in [2.05, 4.69) is 4.98 Å². The summed E-state index contributed by atoms with van der Waals surface area (Å²) in [7, 11) is 0. The van der Waals surface area contributed by atoms with Crippen LogP contribution in [-0.4, -0.2) is 27.6 Å². The minimum atomic E-state index is -1.20. The average molecular weight is 271 g/mol. The Bertz CT molecular complexity index is 667. The summed E-state index contributed by atoms with van der Waals surface area (Å²) in [6.45, 7) is 1.92. The summed E-state index contributed by atoms with van der Waals surface area (Å²) in [6.07, 6.45) is 0.815. The Morgan fingerprint density at radius 2 is 1.75 bits per heavy atom. The van der Waals surface area contributed by atoms with Gasteiger partial charge in [0, 0.05) is 17.3 Å². The van der Waals surface area contributed by atoms with Gasteiger partial charge >= 0.3 is 5.97 Å². The van der Waals surface area contributed by atoms with Crippen LogP contribution in [0.4, 0.5) is 0 Å². The van der Waals surface area contributed by atoms with E-state index in [1.165, 1.54) is 12.3 Å². The molecule has 0 unspecified atom stereocenters. The number of aromatic amines is 1. The van der Waals surface area contributed by atoms with Gasteiger partial charge in [0.15, 0.2) is 11.6 Å². The van der Waals surface area contributed by atoms with Crippen molar-refractivity contribution in [2.45, 2.75) is 13.3 Å². The van der Waals surface area contributed by atoms with Crippen LogP contribution in [0.1, 0.15) is 38.4 Å². The normalized spacial score (nSPS) is 10.2. The number of carboxylic acids is 1. The van der Waals surface area contributed by atoms with Gasteiger partial charge in [0.05, 0.1) is 5.69 Å². The smallest absolute Gasteiger partial charge is 0.311 e. The highest BCUT2D eigenvalue weighted by molar-refractivity contribution is 6.11. The Morgan fingerprint density at radius 1 is 1.10 bits per heavy atom. The molecule has 1 aromatic heterocycles. The molecular weight excluding hydrogens is 258 g/mol. The van der Waals surface area contributed by atoms with Crippen LogP contribution in [0.15, 0.2) is 36.5 Å². The lowest BCUT2D eigenvalue weighted by Crippen LogP contribution is -2.07. The second-order valence-electron chi connectivity index (χ2n) is 4.49. The first kappa shape index (κ1) is 13.7. The number of benzene rings is 1. The van der Waals surface area contributed by atoms with Gasteiger partial charge in [-0.25, -0.2) is 0 Å². The first-order valence-corrected chi connectivity index (χ1v) is 6.02. The number of carbonyl (C=O) groups excluding carboxylic acids is 2. The number of hydrogen-bond donors (Lipinski definition) is 2. The van der Waals surface area contributed by atoms with E-state index in [9.17, 15) is 14.4 Å². The summed E-state index contributed by atoms with van der Waals surface area (Å²) in [5.74, 6) is -1.97. The van der Waals surface area contributed by atoms with E-state index in [-0.39, 0.29) is 11.5 Å². The van der Waals surface area contributed by atoms with Gasteiger partial charge in [-0.05, 0) is 13.0 Å². The Morgan fingerprint density at radius 3 is 2.35 bits per heavy atom. The van der Waals surface area contributed by atoms with E-state index >= 15 is 0 Å². The zero-order valence-electron chi connectivity index (χ0n) is 10.8. The van der Waals surface area contributed by atoms with Crippen molar-refractivity contribution in [2.24, 2.45) is 0 Å². The lowest BCUT2D eigenvalue weighted by Gasteiger charge is -1.98. The van der Waals surface area contributed by atoms with Crippen molar-refractivity contribution in [1.29, 1.82) is 0 Å². The Balaban J connectivity index is 2.20. The van der Waals surface area contributed by atoms with Gasteiger partial charge in [0.1, 0.15) is 6.42 Å². The van der Waals surface area contributed by atoms with Crippen molar-refractivity contribution in [3.8, 4) is 0 Å². The molecule has 0 radical (unpaired) electrons. The molecule has 0 aliphatic rings. The molecule has 0 atom stereocenters. The minimum Gasteiger partial charge on any atom is -0.481 e. The first-order chi connectivity index (χ1) is 9.47. The standard InChI is InChI=1S/C15H13NO4/c1-9-2-4-10(5-3-9)15(20)11-6-12(16-8-11)13(17)7-14(18)19/h2-6,8,16H,7H2,1H3,(H,18,19). The molecule has 2 rings (SSSR count). The van der Waals surface area contributed by atoms with Crippen LogP contribution >= 0.6 is 0 Å². The third-order valence-corrected chi connectivity index (χ3v) is 2.87. The van der Waals surface area contributed by atoms with Crippen molar-refractivity contribution < 1.29 is 19.5 Å². The number of ketones is 2. The van der Waals surface area contributed by atoms with Crippen molar-refractivity contribution in [1.82, 2.24) is 4.98 Å². The number of hydrogen-bond acceptors (Lipinski definition) is 3. The van der Waals surface area contributed by atoms with Crippen LogP contribution in [0, 0.1) is 6.92 Å². The molecule has 20 heavy (non-hydrogen) atoms. The SMILES string of the molecule is Cc1ccc(C(=O)c2c[nH]c(C(=O)CC(=O)O)c2)cc1. The van der Waals surface area contributed by atoms with Gasteiger partial charge in [-0.15, -0.1) is 0 Å². The van der Waals surface area contributed by atoms with E-state index in [4.69, 9.17) is 5.11 Å². The second kappa shape index (κ2) is 5.52. The second-order valence-corrected chi connectivity index (χ2v) is 4.49. The van der Waals surface area contributed by atoms with E-state index in [0.717, 1.165) is 5.56 Å². The number of carbonyl (C=O) groups is 3. The Hall–Kier alpha value is -2.69. The molecule has 2 aromatic rings. The Labute approximate surface area is 115 Å². The molecule has 0 saturated carbocycles. The molecule has 0 amide bonds. The van der Waals surface area contributed by atoms with Crippen molar-refractivity contribution in [3.05, 3.63) is 58.9 Å². The zero-order chi connectivity index (χ0) is 14.7. The van der Waals surface area contributed by atoms with Crippen LogP contribution in [0.25, 0.3) is 0 Å². The number of aromatic nitrogens is 1. The molecule has 5 heteroatoms. The van der Waals surface area contributed by atoms with E-state index in [1.807, 2.05) is 19.1 Å². The quantitative estimate of drug-likeness (QED) is 0.644. The highest BCUT2D eigenvalue weighted by Crippen LogP contribution is 2.13. The Kier molecular flexibility index (Phi) is 3.79. The average Bonchev–Trinajstić information content (AvgIpc) is 2.87. The third-order valence-electron chi connectivity index (χ3n) is 2.87. The third kappa shape index (κ3) is 3.00. The van der Waals surface area contributed by atoms with Crippen molar-refractivity contribution >= 4 is 17.5 Å². The fourth-order valence-corrected chi connectivity index (χ4v) is 1.79. The zero-order valence-corrected chi connectivity index (χ0v) is 10.8. The maximum absolute atomic E-state index is 12.2. The molecule has 0 bridgehead atoms. The fraction of sp³-hybridized carbons (Fsp3) is 0.133. The summed E-state index contributed by atoms with van der Waals surface area (Å²) < 4.78 is 0. The molecular formula is C15H13NO4. The van der Waals surface area contributed by atoms with E-state index in [0.29, 0.717) is 11.1 Å². The number of H-pyrrole nitrogens is 1. The molecule has 0 aliphatic carbocycles. The maximum Gasteiger partial charge on any atom is 0.311 e. The number of rotatable bonds is 5. The summed E-state index contributed by atoms with van der Waals surface area (Å²) in [5.41, 5.74) is 2.03. The number of aryl methyl sites for hydroxylation is 1. The minimum absolute atomic E-state index is 0.128. The summed E-state index contributed by atoms with van der Waals surface area (Å²) >= 11 is 0. The molecule has 0 saturated heterocycles. The predicted octanol–water partition coefficient (Wildman–Crippen LogP) is 2.21. The molecule has 1 heterocycles. The lowest BCUT2D eigenvalue weighted by molar-refractivity contribution is -0.135. The summed E-state index contributed by atoms with van der Waals surface area (Å²) in [5, 5.41) is 8.56. The predicted molar refractivity (Wildman–Crippen MR) is 72.0 cm³/mol. The highest BCUT2D eigenvalue weighted by Gasteiger charge is 2.16. The fourth-order valence-electron chi connectivity index (χ4n) is 1.79. The molecule has 0 spiro atoms. The molecule has 2 N–H and O–H groups in total. The number of carboxylic acid groups (broad SMARTS) is 1. The van der Waals surface area contributed by atoms with Crippen LogP contribution in [0.5, 0.6) is 0 Å². The van der Waals surface area contributed by atoms with Crippen molar-refractivity contribution in [2.75, 3.05) is 0 Å². The van der Waals surface area contributed by atoms with Gasteiger partial charge in [-0.2, -0.15) is 0 Å². The molecule has 0 aliphatic heterocycles. The molecule has 1 aromatic carbocycles. The maximum atomic E-state index is 12.2. The summed E-state index contributed by atoms with van der Waals surface area (Å²) in [6, 6.07) is 8.47. The largest absolute Gasteiger partial charge is 0.481 e. The van der Waals surface area contributed by atoms with Gasteiger partial charge in [-0.3, -0.25) is 14.4 Å². The number of nitrogens with one attached hydrogen (secondary N) is 1. The van der Waals surface area contributed by atoms with Crippen LogP contribution in [0.2, 0.25) is 0 Å². The lowest BCUT2D eigenvalue weighted by atomic mass is 10.0. The van der Waals surface area contributed by atoms with Crippen LogP contribution in [-0.2, 0) is 4.79 Å². The molecule has 5 nitrogen and oxygen atoms in total. The van der Waals surface area contributed by atoms with E-state index in [1.54, 1.807) is 12.1 Å². The first-order valence-electron chi connectivity index (χ1n) is 6.02. The van der Waals surface area contributed by atoms with Gasteiger partial charge in [0.25, 0.3) is 0 Å². The van der Waals surface area contributed by atoms with Crippen LogP contribution < -0.4 is 0 Å². The topological polar surface area (TPSA) is 87.2 Å². The van der Waals surface area contributed by atoms with Gasteiger partial charge in [-0.1, -0.05) is 29.8 Å². The van der Waals surface area contributed by atoms with E-state index < -0.39 is 18.2 Å². The summed E-state index contributed by atoms with van der Waals surface area (Å²) in [4.78, 5) is 36.8. The number of aliphatic carboxylic acids is 1. The van der Waals surface area contributed by atoms with Gasteiger partial charge < -0.3 is 10.1 Å².